The molecule has 2 rings (SSSR count). The van der Waals surface area contributed by atoms with Gasteiger partial charge in [0.05, 0.1) is 11.4 Å². The zero-order valence-electron chi connectivity index (χ0n) is 7.12. The molecule has 0 aliphatic heterocycles. The highest BCUT2D eigenvalue weighted by atomic mass is 14.7. The van der Waals surface area contributed by atoms with E-state index in [1.165, 1.54) is 0 Å². The van der Waals surface area contributed by atoms with Crippen molar-refractivity contribution in [1.82, 2.24) is 0 Å². The van der Waals surface area contributed by atoms with Crippen molar-refractivity contribution in [2.45, 2.75) is 0 Å². The van der Waals surface area contributed by atoms with Gasteiger partial charge in [-0.25, -0.2) is 0 Å². The van der Waals surface area contributed by atoms with Gasteiger partial charge in [-0.1, -0.05) is 12.1 Å². The highest BCUT2D eigenvalue weighted by Gasteiger charge is 2.01. The largest absolute Gasteiger partial charge is 0.399 e. The number of rotatable bonds is 0. The Hall–Kier alpha value is -1.90. The second-order valence-corrected chi connectivity index (χ2v) is 3.05. The first kappa shape index (κ1) is 7.73. The lowest BCUT2D eigenvalue weighted by atomic mass is 10.1. The Bertz CT molecular complexity index is 458. The molecule has 0 aliphatic rings. The van der Waals surface area contributed by atoms with E-state index in [-0.39, 0.29) is 0 Å². The van der Waals surface area contributed by atoms with Crippen LogP contribution in [0.25, 0.3) is 10.8 Å². The van der Waals surface area contributed by atoms with Gasteiger partial charge in [-0.2, -0.15) is 0 Å². The third kappa shape index (κ3) is 1.14. The van der Waals surface area contributed by atoms with Gasteiger partial charge in [-0.3, -0.25) is 0 Å². The second-order valence-electron chi connectivity index (χ2n) is 3.05. The van der Waals surface area contributed by atoms with Crippen LogP contribution < -0.4 is 17.2 Å². The Labute approximate surface area is 76.1 Å². The lowest BCUT2D eigenvalue weighted by Crippen LogP contribution is -1.95. The maximum atomic E-state index is 5.81. The Morgan fingerprint density at radius 3 is 2.31 bits per heavy atom. The van der Waals surface area contributed by atoms with Crippen molar-refractivity contribution < 1.29 is 0 Å². The van der Waals surface area contributed by atoms with E-state index in [0.717, 1.165) is 10.8 Å². The highest BCUT2D eigenvalue weighted by Crippen LogP contribution is 2.27. The SMILES string of the molecule is Nc1ccc2ccc(N)c(N)c2c1. The average Bonchev–Trinajstić information content (AvgIpc) is 2.12. The van der Waals surface area contributed by atoms with Gasteiger partial charge in [-0.15, -0.1) is 0 Å². The van der Waals surface area contributed by atoms with Crippen molar-refractivity contribution in [3.63, 3.8) is 0 Å². The van der Waals surface area contributed by atoms with Gasteiger partial charge in [0.15, 0.2) is 0 Å². The summed E-state index contributed by atoms with van der Waals surface area (Å²) in [6.07, 6.45) is 0. The first-order chi connectivity index (χ1) is 6.18. The van der Waals surface area contributed by atoms with E-state index in [1.54, 1.807) is 6.07 Å². The molecule has 0 saturated carbocycles. The Balaban J connectivity index is 2.89. The monoisotopic (exact) mass is 173 g/mol. The number of benzene rings is 2. The molecule has 0 atom stereocenters. The van der Waals surface area contributed by atoms with Crippen molar-refractivity contribution in [3.05, 3.63) is 30.3 Å². The van der Waals surface area contributed by atoms with Crippen LogP contribution in [-0.2, 0) is 0 Å². The molecule has 0 fully saturated rings. The van der Waals surface area contributed by atoms with E-state index in [2.05, 4.69) is 0 Å². The van der Waals surface area contributed by atoms with Gasteiger partial charge in [0.25, 0.3) is 0 Å². The molecule has 2 aromatic rings. The van der Waals surface area contributed by atoms with Crippen molar-refractivity contribution in [2.75, 3.05) is 17.2 Å². The zero-order chi connectivity index (χ0) is 9.42. The van der Waals surface area contributed by atoms with Crippen molar-refractivity contribution in [3.8, 4) is 0 Å². The summed E-state index contributed by atoms with van der Waals surface area (Å²) < 4.78 is 0. The van der Waals surface area contributed by atoms with Crippen molar-refractivity contribution in [1.29, 1.82) is 0 Å². The quantitative estimate of drug-likeness (QED) is 0.529. The van der Waals surface area contributed by atoms with E-state index in [4.69, 9.17) is 17.2 Å². The fourth-order valence-electron chi connectivity index (χ4n) is 1.38. The van der Waals surface area contributed by atoms with Crippen molar-refractivity contribution >= 4 is 27.8 Å². The molecular weight excluding hydrogens is 162 g/mol. The summed E-state index contributed by atoms with van der Waals surface area (Å²) in [7, 11) is 0. The molecule has 0 saturated heterocycles. The molecule has 0 spiro atoms. The number of anilines is 3. The number of nitrogen functional groups attached to an aromatic ring is 3. The second kappa shape index (κ2) is 2.55. The zero-order valence-corrected chi connectivity index (χ0v) is 7.12. The van der Waals surface area contributed by atoms with Gasteiger partial charge in [0.2, 0.25) is 0 Å². The molecule has 0 heterocycles. The number of hydrogen-bond acceptors (Lipinski definition) is 3. The van der Waals surface area contributed by atoms with Crippen LogP contribution in [0.15, 0.2) is 30.3 Å². The minimum atomic E-state index is 0.595. The minimum Gasteiger partial charge on any atom is -0.399 e. The number of nitrogens with two attached hydrogens (primary N) is 3. The summed E-state index contributed by atoms with van der Waals surface area (Å²) in [6.45, 7) is 0. The summed E-state index contributed by atoms with van der Waals surface area (Å²) in [6, 6.07) is 9.34. The summed E-state index contributed by atoms with van der Waals surface area (Å²) in [5.41, 5.74) is 19.0. The number of fused-ring (bicyclic) bond motifs is 1. The van der Waals surface area contributed by atoms with E-state index in [0.29, 0.717) is 17.1 Å². The molecule has 3 nitrogen and oxygen atoms in total. The summed E-state index contributed by atoms with van der Waals surface area (Å²) in [5, 5.41) is 1.97. The van der Waals surface area contributed by atoms with E-state index < -0.39 is 0 Å². The first-order valence-electron chi connectivity index (χ1n) is 4.01. The molecular formula is C10H11N3. The summed E-state index contributed by atoms with van der Waals surface area (Å²) in [5.74, 6) is 0. The van der Waals surface area contributed by atoms with Crippen LogP contribution in [0.2, 0.25) is 0 Å². The summed E-state index contributed by atoms with van der Waals surface area (Å²) in [4.78, 5) is 0. The van der Waals surface area contributed by atoms with Gasteiger partial charge >= 0.3 is 0 Å². The third-order valence-corrected chi connectivity index (χ3v) is 2.12. The first-order valence-corrected chi connectivity index (χ1v) is 4.01. The molecule has 6 N–H and O–H groups in total. The molecule has 0 amide bonds. The third-order valence-electron chi connectivity index (χ3n) is 2.12. The average molecular weight is 173 g/mol. The smallest absolute Gasteiger partial charge is 0.0628 e. The fraction of sp³-hybridized carbons (Fsp3) is 0. The van der Waals surface area contributed by atoms with E-state index in [1.807, 2.05) is 24.3 Å². The maximum absolute atomic E-state index is 5.81. The van der Waals surface area contributed by atoms with E-state index in [9.17, 15) is 0 Å². The van der Waals surface area contributed by atoms with Gasteiger partial charge < -0.3 is 17.2 Å². The van der Waals surface area contributed by atoms with Crippen LogP contribution in [-0.4, -0.2) is 0 Å². The standard InChI is InChI=1S/C10H11N3/c11-7-3-1-6-2-4-9(12)10(13)8(6)5-7/h1-5H,11-13H2. The van der Waals surface area contributed by atoms with Crippen LogP contribution in [0.3, 0.4) is 0 Å². The van der Waals surface area contributed by atoms with E-state index >= 15 is 0 Å². The molecule has 2 aromatic carbocycles. The fourth-order valence-corrected chi connectivity index (χ4v) is 1.38. The highest BCUT2D eigenvalue weighted by molar-refractivity contribution is 5.99. The maximum Gasteiger partial charge on any atom is 0.0628 e. The number of hydrogen-bond donors (Lipinski definition) is 3. The normalized spacial score (nSPS) is 10.5. The lowest BCUT2D eigenvalue weighted by molar-refractivity contribution is 1.69. The predicted octanol–water partition coefficient (Wildman–Crippen LogP) is 1.59. The molecule has 13 heavy (non-hydrogen) atoms. The van der Waals surface area contributed by atoms with Gasteiger partial charge in [-0.05, 0) is 23.6 Å². The lowest BCUT2D eigenvalue weighted by Gasteiger charge is -2.05. The topological polar surface area (TPSA) is 78.1 Å². The van der Waals surface area contributed by atoms with Crippen LogP contribution in [0.5, 0.6) is 0 Å². The Kier molecular flexibility index (Phi) is 1.52. The molecule has 0 bridgehead atoms. The summed E-state index contributed by atoms with van der Waals surface area (Å²) >= 11 is 0. The molecule has 0 aliphatic carbocycles. The van der Waals surface area contributed by atoms with Crippen LogP contribution in [0.4, 0.5) is 17.1 Å². The minimum absolute atomic E-state index is 0.595. The Morgan fingerprint density at radius 1 is 0.846 bits per heavy atom. The Morgan fingerprint density at radius 2 is 1.54 bits per heavy atom. The van der Waals surface area contributed by atoms with Crippen LogP contribution in [0, 0.1) is 0 Å². The molecule has 66 valence electrons. The molecule has 3 heteroatoms. The van der Waals surface area contributed by atoms with Crippen LogP contribution in [0.1, 0.15) is 0 Å². The molecule has 0 aromatic heterocycles. The van der Waals surface area contributed by atoms with Crippen molar-refractivity contribution in [2.24, 2.45) is 0 Å². The van der Waals surface area contributed by atoms with Gasteiger partial charge in [0.1, 0.15) is 0 Å². The van der Waals surface area contributed by atoms with Crippen LogP contribution >= 0.6 is 0 Å². The molecule has 0 radical (unpaired) electrons. The predicted molar refractivity (Wildman–Crippen MR) is 57.2 cm³/mol. The molecule has 0 unspecified atom stereocenters. The van der Waals surface area contributed by atoms with Gasteiger partial charge in [0, 0.05) is 11.1 Å².